The van der Waals surface area contributed by atoms with Crippen LogP contribution in [-0.4, -0.2) is 28.3 Å². The average Bonchev–Trinajstić information content (AvgIpc) is 2.69. The molecule has 3 rings (SSSR count). The van der Waals surface area contributed by atoms with Crippen molar-refractivity contribution in [3.05, 3.63) is 89.9 Å². The largest absolute Gasteiger partial charge is 0.462 e. The molecule has 0 aliphatic rings. The molecule has 26 heavy (non-hydrogen) atoms. The molecule has 0 saturated carbocycles. The normalized spacial score (nSPS) is 11.2. The molecule has 5 nitrogen and oxygen atoms in total. The number of aromatic nitrogens is 2. The molecule has 130 valence electrons. The van der Waals surface area contributed by atoms with Crippen molar-refractivity contribution in [1.29, 1.82) is 0 Å². The number of carbonyl (C=O) groups excluding carboxylic acids is 1. The van der Waals surface area contributed by atoms with E-state index in [1.54, 1.807) is 31.5 Å². The molecule has 0 bridgehead atoms. The standard InChI is InChI=1S/C21H19N3O2/c1-2-26-21(25)18-11-7-13-23-20(18)24-19(17-9-4-3-5-10-17)14-16-8-6-12-22-15-16/h3-13,15H,2,14H2,1H3. The average molecular weight is 345 g/mol. The summed E-state index contributed by atoms with van der Waals surface area (Å²) >= 11 is 0. The monoisotopic (exact) mass is 345 g/mol. The van der Waals surface area contributed by atoms with Crippen LogP contribution in [0.3, 0.4) is 0 Å². The first-order valence-electron chi connectivity index (χ1n) is 8.42. The van der Waals surface area contributed by atoms with Gasteiger partial charge < -0.3 is 4.74 Å². The first kappa shape index (κ1) is 17.5. The Bertz CT molecular complexity index is 893. The Morgan fingerprint density at radius 3 is 2.58 bits per heavy atom. The third kappa shape index (κ3) is 4.39. The zero-order chi connectivity index (χ0) is 18.2. The van der Waals surface area contributed by atoms with Crippen molar-refractivity contribution in [2.45, 2.75) is 13.3 Å². The van der Waals surface area contributed by atoms with Crippen molar-refractivity contribution in [2.24, 2.45) is 4.99 Å². The summed E-state index contributed by atoms with van der Waals surface area (Å²) in [4.78, 5) is 25.4. The van der Waals surface area contributed by atoms with E-state index in [1.165, 1.54) is 0 Å². The Morgan fingerprint density at radius 1 is 1.04 bits per heavy atom. The molecule has 0 N–H and O–H groups in total. The van der Waals surface area contributed by atoms with Gasteiger partial charge in [-0.1, -0.05) is 36.4 Å². The number of aliphatic imine (C=N–C) groups is 1. The fourth-order valence-corrected chi connectivity index (χ4v) is 2.51. The maximum absolute atomic E-state index is 12.2. The Hall–Kier alpha value is -3.34. The van der Waals surface area contributed by atoms with Crippen LogP contribution >= 0.6 is 0 Å². The molecule has 0 atom stereocenters. The van der Waals surface area contributed by atoms with Gasteiger partial charge in [0.15, 0.2) is 5.82 Å². The SMILES string of the molecule is CCOC(=O)c1cccnc1N=C(Cc1cccnc1)c1ccccc1. The van der Waals surface area contributed by atoms with Crippen molar-refractivity contribution in [3.63, 3.8) is 0 Å². The molecule has 0 amide bonds. The van der Waals surface area contributed by atoms with Crippen LogP contribution < -0.4 is 0 Å². The van der Waals surface area contributed by atoms with Crippen molar-refractivity contribution < 1.29 is 9.53 Å². The number of pyridine rings is 2. The second-order valence-electron chi connectivity index (χ2n) is 5.56. The van der Waals surface area contributed by atoms with Gasteiger partial charge in [-0.25, -0.2) is 14.8 Å². The second-order valence-corrected chi connectivity index (χ2v) is 5.56. The van der Waals surface area contributed by atoms with Gasteiger partial charge in [-0.3, -0.25) is 4.98 Å². The Kier molecular flexibility index (Phi) is 5.83. The van der Waals surface area contributed by atoms with E-state index in [2.05, 4.69) is 9.97 Å². The number of rotatable bonds is 6. The van der Waals surface area contributed by atoms with E-state index >= 15 is 0 Å². The fraction of sp³-hybridized carbons (Fsp3) is 0.143. The van der Waals surface area contributed by atoms with Gasteiger partial charge in [-0.15, -0.1) is 0 Å². The number of hydrogen-bond acceptors (Lipinski definition) is 5. The zero-order valence-electron chi connectivity index (χ0n) is 14.5. The summed E-state index contributed by atoms with van der Waals surface area (Å²) in [5.74, 6) is -0.0677. The van der Waals surface area contributed by atoms with E-state index in [9.17, 15) is 4.79 Å². The van der Waals surface area contributed by atoms with Gasteiger partial charge in [-0.2, -0.15) is 0 Å². The fourth-order valence-electron chi connectivity index (χ4n) is 2.51. The lowest BCUT2D eigenvalue weighted by Crippen LogP contribution is -2.08. The number of carbonyl (C=O) groups is 1. The molecule has 5 heteroatoms. The highest BCUT2D eigenvalue weighted by Gasteiger charge is 2.14. The quantitative estimate of drug-likeness (QED) is 0.500. The predicted octanol–water partition coefficient (Wildman–Crippen LogP) is 4.02. The summed E-state index contributed by atoms with van der Waals surface area (Å²) < 4.78 is 5.12. The molecule has 2 heterocycles. The molecule has 2 aromatic heterocycles. The van der Waals surface area contributed by atoms with Crippen LogP contribution in [0.5, 0.6) is 0 Å². The minimum absolute atomic E-state index is 0.304. The zero-order valence-corrected chi connectivity index (χ0v) is 14.5. The molecule has 1 aromatic carbocycles. The summed E-state index contributed by atoms with van der Waals surface area (Å²) in [6.07, 6.45) is 5.74. The van der Waals surface area contributed by atoms with Crippen molar-refractivity contribution in [2.75, 3.05) is 6.61 Å². The molecular weight excluding hydrogens is 326 g/mol. The molecule has 3 aromatic rings. The van der Waals surface area contributed by atoms with Crippen LogP contribution in [0.1, 0.15) is 28.4 Å². The highest BCUT2D eigenvalue weighted by Crippen LogP contribution is 2.19. The molecule has 0 unspecified atom stereocenters. The molecule has 0 fully saturated rings. The van der Waals surface area contributed by atoms with E-state index in [1.807, 2.05) is 48.7 Å². The summed E-state index contributed by atoms with van der Waals surface area (Å²) in [7, 11) is 0. The highest BCUT2D eigenvalue weighted by atomic mass is 16.5. The first-order chi connectivity index (χ1) is 12.8. The number of nitrogens with zero attached hydrogens (tertiary/aromatic N) is 3. The molecule has 0 radical (unpaired) electrons. The summed E-state index contributed by atoms with van der Waals surface area (Å²) in [5.41, 5.74) is 3.16. The smallest absolute Gasteiger partial charge is 0.341 e. The topological polar surface area (TPSA) is 64.4 Å². The Morgan fingerprint density at radius 2 is 1.85 bits per heavy atom. The van der Waals surface area contributed by atoms with Gasteiger partial charge in [-0.05, 0) is 36.2 Å². The van der Waals surface area contributed by atoms with Crippen LogP contribution in [0.4, 0.5) is 5.82 Å². The van der Waals surface area contributed by atoms with Gasteiger partial charge in [0.25, 0.3) is 0 Å². The van der Waals surface area contributed by atoms with Crippen LogP contribution in [0, 0.1) is 0 Å². The summed E-state index contributed by atoms with van der Waals surface area (Å²) in [5, 5.41) is 0. The molecule has 0 spiro atoms. The van der Waals surface area contributed by atoms with E-state index in [4.69, 9.17) is 9.73 Å². The van der Waals surface area contributed by atoms with Crippen LogP contribution in [-0.2, 0) is 11.2 Å². The van der Waals surface area contributed by atoms with E-state index in [0.29, 0.717) is 24.4 Å². The minimum Gasteiger partial charge on any atom is -0.462 e. The van der Waals surface area contributed by atoms with Crippen LogP contribution in [0.25, 0.3) is 0 Å². The van der Waals surface area contributed by atoms with Crippen molar-refractivity contribution >= 4 is 17.5 Å². The third-order valence-electron chi connectivity index (χ3n) is 3.72. The predicted molar refractivity (Wildman–Crippen MR) is 101 cm³/mol. The van der Waals surface area contributed by atoms with Gasteiger partial charge in [0.2, 0.25) is 0 Å². The number of ether oxygens (including phenoxy) is 1. The van der Waals surface area contributed by atoms with Crippen LogP contribution in [0.2, 0.25) is 0 Å². The van der Waals surface area contributed by atoms with Gasteiger partial charge in [0.05, 0.1) is 12.3 Å². The highest BCUT2D eigenvalue weighted by molar-refractivity contribution is 6.04. The lowest BCUT2D eigenvalue weighted by molar-refractivity contribution is 0.0527. The second kappa shape index (κ2) is 8.67. The number of esters is 1. The van der Waals surface area contributed by atoms with E-state index in [0.717, 1.165) is 16.8 Å². The van der Waals surface area contributed by atoms with Crippen molar-refractivity contribution in [3.8, 4) is 0 Å². The minimum atomic E-state index is -0.423. The number of hydrogen-bond donors (Lipinski definition) is 0. The number of benzene rings is 1. The molecule has 0 saturated heterocycles. The lowest BCUT2D eigenvalue weighted by Gasteiger charge is -2.09. The van der Waals surface area contributed by atoms with E-state index < -0.39 is 5.97 Å². The van der Waals surface area contributed by atoms with Crippen LogP contribution in [0.15, 0.2) is 78.2 Å². The maximum Gasteiger partial charge on any atom is 0.341 e. The van der Waals surface area contributed by atoms with Gasteiger partial charge in [0, 0.05) is 25.0 Å². The van der Waals surface area contributed by atoms with Gasteiger partial charge in [0.1, 0.15) is 5.56 Å². The Labute approximate surface area is 152 Å². The Balaban J connectivity index is 2.03. The van der Waals surface area contributed by atoms with Crippen molar-refractivity contribution in [1.82, 2.24) is 9.97 Å². The lowest BCUT2D eigenvalue weighted by atomic mass is 10.0. The maximum atomic E-state index is 12.2. The molecule has 0 aliphatic heterocycles. The van der Waals surface area contributed by atoms with Gasteiger partial charge >= 0.3 is 5.97 Å². The first-order valence-corrected chi connectivity index (χ1v) is 8.42. The third-order valence-corrected chi connectivity index (χ3v) is 3.72. The molecule has 0 aliphatic carbocycles. The van der Waals surface area contributed by atoms with E-state index in [-0.39, 0.29) is 0 Å². The molecular formula is C21H19N3O2. The summed E-state index contributed by atoms with van der Waals surface area (Å²) in [6.45, 7) is 2.08. The summed E-state index contributed by atoms with van der Waals surface area (Å²) in [6, 6.07) is 17.1.